The predicted molar refractivity (Wildman–Crippen MR) is 75.1 cm³/mol. The van der Waals surface area contributed by atoms with Gasteiger partial charge in [-0.2, -0.15) is 0 Å². The largest absolute Gasteiger partial charge is 0.497 e. The maximum absolute atomic E-state index is 5.95. The number of nitrogens with zero attached hydrogens (tertiary/aromatic N) is 1. The fourth-order valence-corrected chi connectivity index (χ4v) is 2.67. The minimum atomic E-state index is 0.415. The van der Waals surface area contributed by atoms with Crippen LogP contribution in [0.5, 0.6) is 5.75 Å². The zero-order chi connectivity index (χ0) is 12.8. The third kappa shape index (κ3) is 3.47. The zero-order valence-corrected chi connectivity index (χ0v) is 11.3. The van der Waals surface area contributed by atoms with Crippen LogP contribution in [0.25, 0.3) is 0 Å². The first kappa shape index (κ1) is 13.4. The van der Waals surface area contributed by atoms with Gasteiger partial charge in [0.2, 0.25) is 0 Å². The van der Waals surface area contributed by atoms with Crippen molar-refractivity contribution in [1.82, 2.24) is 4.90 Å². The highest BCUT2D eigenvalue weighted by Gasteiger charge is 2.17. The topological polar surface area (TPSA) is 38.5 Å². The van der Waals surface area contributed by atoms with Crippen LogP contribution in [-0.2, 0) is 0 Å². The standard InChI is InChI=1S/C15H24N2O/c1-18-15-7-5-6-13(10-15)14(11-16)12-17-8-3-2-4-9-17/h5-7,10,14H,2-4,8-9,11-12,16H2,1H3. The number of methoxy groups -OCH3 is 1. The molecule has 1 aromatic carbocycles. The molecule has 0 amide bonds. The van der Waals surface area contributed by atoms with E-state index >= 15 is 0 Å². The lowest BCUT2D eigenvalue weighted by Gasteiger charge is -2.30. The molecule has 1 fully saturated rings. The lowest BCUT2D eigenvalue weighted by molar-refractivity contribution is 0.216. The molecule has 0 aliphatic carbocycles. The van der Waals surface area contributed by atoms with Crippen LogP contribution < -0.4 is 10.5 Å². The van der Waals surface area contributed by atoms with Gasteiger partial charge < -0.3 is 15.4 Å². The Labute approximate surface area is 110 Å². The van der Waals surface area contributed by atoms with E-state index in [0.717, 1.165) is 12.3 Å². The molecule has 0 bridgehead atoms. The smallest absolute Gasteiger partial charge is 0.119 e. The van der Waals surface area contributed by atoms with Gasteiger partial charge in [0.25, 0.3) is 0 Å². The third-order valence-electron chi connectivity index (χ3n) is 3.78. The van der Waals surface area contributed by atoms with Crippen LogP contribution in [0.15, 0.2) is 24.3 Å². The van der Waals surface area contributed by atoms with Gasteiger partial charge >= 0.3 is 0 Å². The van der Waals surface area contributed by atoms with E-state index in [1.54, 1.807) is 7.11 Å². The van der Waals surface area contributed by atoms with Gasteiger partial charge in [-0.15, -0.1) is 0 Å². The number of benzene rings is 1. The summed E-state index contributed by atoms with van der Waals surface area (Å²) in [5.41, 5.74) is 7.24. The Morgan fingerprint density at radius 3 is 2.72 bits per heavy atom. The molecule has 100 valence electrons. The summed E-state index contributed by atoms with van der Waals surface area (Å²) in [6.45, 7) is 4.22. The first-order valence-electron chi connectivity index (χ1n) is 6.90. The highest BCUT2D eigenvalue weighted by molar-refractivity contribution is 5.31. The van der Waals surface area contributed by atoms with E-state index in [0.29, 0.717) is 12.5 Å². The molecular formula is C15H24N2O. The van der Waals surface area contributed by atoms with Crippen LogP contribution in [0.2, 0.25) is 0 Å². The molecule has 0 spiro atoms. The Morgan fingerprint density at radius 2 is 2.06 bits per heavy atom. The summed E-state index contributed by atoms with van der Waals surface area (Å²) in [7, 11) is 1.71. The molecular weight excluding hydrogens is 224 g/mol. The maximum Gasteiger partial charge on any atom is 0.119 e. The lowest BCUT2D eigenvalue weighted by Crippen LogP contribution is -2.35. The Hall–Kier alpha value is -1.06. The summed E-state index contributed by atoms with van der Waals surface area (Å²) < 4.78 is 5.29. The van der Waals surface area contributed by atoms with Crippen LogP contribution in [0, 0.1) is 0 Å². The minimum Gasteiger partial charge on any atom is -0.497 e. The summed E-state index contributed by atoms with van der Waals surface area (Å²) >= 11 is 0. The van der Waals surface area contributed by atoms with Crippen LogP contribution in [-0.4, -0.2) is 38.2 Å². The summed E-state index contributed by atoms with van der Waals surface area (Å²) in [4.78, 5) is 2.54. The number of piperidine rings is 1. The molecule has 1 atom stereocenters. The number of hydrogen-bond donors (Lipinski definition) is 1. The van der Waals surface area contributed by atoms with E-state index in [9.17, 15) is 0 Å². The molecule has 1 aromatic rings. The van der Waals surface area contributed by atoms with E-state index in [4.69, 9.17) is 10.5 Å². The second-order valence-corrected chi connectivity index (χ2v) is 5.07. The van der Waals surface area contributed by atoms with Crippen molar-refractivity contribution in [3.8, 4) is 5.75 Å². The Bertz CT molecular complexity index is 361. The molecule has 2 rings (SSSR count). The minimum absolute atomic E-state index is 0.415. The van der Waals surface area contributed by atoms with Gasteiger partial charge in [0.1, 0.15) is 5.75 Å². The van der Waals surface area contributed by atoms with Crippen LogP contribution in [0.1, 0.15) is 30.7 Å². The average molecular weight is 248 g/mol. The van der Waals surface area contributed by atoms with Gasteiger partial charge in [-0.3, -0.25) is 0 Å². The van der Waals surface area contributed by atoms with Gasteiger partial charge in [-0.1, -0.05) is 18.6 Å². The van der Waals surface area contributed by atoms with Gasteiger partial charge in [0.15, 0.2) is 0 Å². The van der Waals surface area contributed by atoms with Gasteiger partial charge in [0, 0.05) is 19.0 Å². The first-order valence-corrected chi connectivity index (χ1v) is 6.90. The molecule has 3 heteroatoms. The number of nitrogens with two attached hydrogens (primary N) is 1. The third-order valence-corrected chi connectivity index (χ3v) is 3.78. The Kier molecular flexibility index (Phi) is 5.02. The van der Waals surface area contributed by atoms with Crippen molar-refractivity contribution in [2.45, 2.75) is 25.2 Å². The van der Waals surface area contributed by atoms with E-state index in [2.05, 4.69) is 17.0 Å². The monoisotopic (exact) mass is 248 g/mol. The molecule has 2 N–H and O–H groups in total. The van der Waals surface area contributed by atoms with Crippen molar-refractivity contribution in [2.24, 2.45) is 5.73 Å². The van der Waals surface area contributed by atoms with Crippen LogP contribution in [0.3, 0.4) is 0 Å². The zero-order valence-electron chi connectivity index (χ0n) is 11.3. The van der Waals surface area contributed by atoms with Crippen molar-refractivity contribution in [2.75, 3.05) is 33.3 Å². The second kappa shape index (κ2) is 6.76. The lowest BCUT2D eigenvalue weighted by atomic mass is 9.97. The van der Waals surface area contributed by atoms with Crippen LogP contribution >= 0.6 is 0 Å². The molecule has 1 heterocycles. The summed E-state index contributed by atoms with van der Waals surface area (Å²) in [6, 6.07) is 8.30. The highest BCUT2D eigenvalue weighted by Crippen LogP contribution is 2.22. The Morgan fingerprint density at radius 1 is 1.28 bits per heavy atom. The van der Waals surface area contributed by atoms with Gasteiger partial charge in [-0.25, -0.2) is 0 Å². The normalized spacial score (nSPS) is 18.6. The quantitative estimate of drug-likeness (QED) is 0.868. The van der Waals surface area contributed by atoms with Crippen molar-refractivity contribution in [1.29, 1.82) is 0 Å². The fraction of sp³-hybridized carbons (Fsp3) is 0.600. The van der Waals surface area contributed by atoms with Crippen molar-refractivity contribution in [3.63, 3.8) is 0 Å². The first-order chi connectivity index (χ1) is 8.83. The maximum atomic E-state index is 5.95. The SMILES string of the molecule is COc1cccc(C(CN)CN2CCCCC2)c1. The predicted octanol–water partition coefficient (Wildman–Crippen LogP) is 2.22. The molecule has 1 unspecified atom stereocenters. The highest BCUT2D eigenvalue weighted by atomic mass is 16.5. The fourth-order valence-electron chi connectivity index (χ4n) is 2.67. The van der Waals surface area contributed by atoms with Gasteiger partial charge in [0.05, 0.1) is 7.11 Å². The molecule has 18 heavy (non-hydrogen) atoms. The summed E-state index contributed by atoms with van der Waals surface area (Å²) in [5.74, 6) is 1.34. The van der Waals surface area contributed by atoms with Crippen molar-refractivity contribution >= 4 is 0 Å². The average Bonchev–Trinajstić information content (AvgIpc) is 2.46. The molecule has 1 saturated heterocycles. The van der Waals surface area contributed by atoms with E-state index < -0.39 is 0 Å². The molecule has 1 aliphatic heterocycles. The molecule has 1 aliphatic rings. The van der Waals surface area contributed by atoms with Crippen molar-refractivity contribution < 1.29 is 4.74 Å². The van der Waals surface area contributed by atoms with Crippen molar-refractivity contribution in [3.05, 3.63) is 29.8 Å². The second-order valence-electron chi connectivity index (χ2n) is 5.07. The Balaban J connectivity index is 2.02. The summed E-state index contributed by atoms with van der Waals surface area (Å²) in [6.07, 6.45) is 4.04. The molecule has 3 nitrogen and oxygen atoms in total. The van der Waals surface area contributed by atoms with E-state index in [1.165, 1.54) is 37.9 Å². The van der Waals surface area contributed by atoms with E-state index in [1.807, 2.05) is 12.1 Å². The summed E-state index contributed by atoms with van der Waals surface area (Å²) in [5, 5.41) is 0. The number of rotatable bonds is 5. The van der Waals surface area contributed by atoms with Gasteiger partial charge in [-0.05, 0) is 43.6 Å². The molecule has 0 aromatic heterocycles. The number of likely N-dealkylation sites (tertiary alicyclic amines) is 1. The molecule has 0 radical (unpaired) electrons. The van der Waals surface area contributed by atoms with Crippen LogP contribution in [0.4, 0.5) is 0 Å². The number of ether oxygens (including phenoxy) is 1. The number of hydrogen-bond acceptors (Lipinski definition) is 3. The molecule has 0 saturated carbocycles. The van der Waals surface area contributed by atoms with E-state index in [-0.39, 0.29) is 0 Å².